The molecule has 1 rings (SSSR count). The second-order valence-electron chi connectivity index (χ2n) is 8.99. The fourth-order valence-electron chi connectivity index (χ4n) is 3.00. The Morgan fingerprint density at radius 2 is 1.90 bits per heavy atom. The van der Waals surface area contributed by atoms with Crippen molar-refractivity contribution < 1.29 is 14.3 Å². The van der Waals surface area contributed by atoms with E-state index in [0.717, 1.165) is 23.6 Å². The highest BCUT2D eigenvalue weighted by Gasteiger charge is 2.22. The third-order valence-electron chi connectivity index (χ3n) is 4.55. The molecule has 1 unspecified atom stereocenters. The Kier molecular flexibility index (Phi) is 10.3. The molecular weight excluding hydrogens is 394 g/mol. The number of alkyl carbamates (subject to hydrolysis) is 1. The van der Waals surface area contributed by atoms with Crippen molar-refractivity contribution in [1.29, 1.82) is 0 Å². The standard InChI is InChI=1S/C23H39N5O3/c1-16(2)20(27-22(30)31-23(4,5)6)12-13-28(8)21(24-7)25-15-18-10-9-11-19(14-18)26-17(3)29/h9-11,14,16,20H,12-13,15H2,1-8H3,(H,24,25)(H,26,29)(H,27,30). The van der Waals surface area contributed by atoms with Crippen LogP contribution in [0.15, 0.2) is 29.3 Å². The fraction of sp³-hybridized carbons (Fsp3) is 0.609. The van der Waals surface area contributed by atoms with Crippen molar-refractivity contribution in [3.05, 3.63) is 29.8 Å². The zero-order valence-electron chi connectivity index (χ0n) is 20.2. The fourth-order valence-corrected chi connectivity index (χ4v) is 3.00. The first-order chi connectivity index (χ1) is 14.4. The highest BCUT2D eigenvalue weighted by atomic mass is 16.6. The number of anilines is 1. The van der Waals surface area contributed by atoms with Gasteiger partial charge in [0.2, 0.25) is 5.91 Å². The van der Waals surface area contributed by atoms with Crippen LogP contribution in [0.4, 0.5) is 10.5 Å². The number of nitrogens with zero attached hydrogens (tertiary/aromatic N) is 2. The van der Waals surface area contributed by atoms with E-state index in [1.807, 2.05) is 57.0 Å². The topological polar surface area (TPSA) is 95.1 Å². The van der Waals surface area contributed by atoms with Gasteiger partial charge in [-0.25, -0.2) is 4.79 Å². The summed E-state index contributed by atoms with van der Waals surface area (Å²) in [6.45, 7) is 12.5. The van der Waals surface area contributed by atoms with Crippen molar-refractivity contribution in [2.24, 2.45) is 10.9 Å². The van der Waals surface area contributed by atoms with Gasteiger partial charge >= 0.3 is 6.09 Å². The molecule has 0 fully saturated rings. The number of ether oxygens (including phenoxy) is 1. The number of hydrogen-bond acceptors (Lipinski definition) is 4. The van der Waals surface area contributed by atoms with Crippen molar-refractivity contribution >= 4 is 23.6 Å². The molecule has 0 aliphatic carbocycles. The smallest absolute Gasteiger partial charge is 0.407 e. The Morgan fingerprint density at radius 3 is 2.45 bits per heavy atom. The van der Waals surface area contributed by atoms with Crippen LogP contribution in [0.1, 0.15) is 53.5 Å². The molecule has 1 aromatic rings. The van der Waals surface area contributed by atoms with Crippen LogP contribution in [0.3, 0.4) is 0 Å². The lowest BCUT2D eigenvalue weighted by Crippen LogP contribution is -2.45. The molecule has 0 aliphatic heterocycles. The number of rotatable bonds is 8. The van der Waals surface area contributed by atoms with E-state index in [9.17, 15) is 9.59 Å². The van der Waals surface area contributed by atoms with Crippen LogP contribution >= 0.6 is 0 Å². The number of hydrogen-bond donors (Lipinski definition) is 3. The molecule has 8 heteroatoms. The Morgan fingerprint density at radius 1 is 1.23 bits per heavy atom. The molecule has 1 atom stereocenters. The summed E-state index contributed by atoms with van der Waals surface area (Å²) >= 11 is 0. The van der Waals surface area contributed by atoms with Crippen LogP contribution in [0.2, 0.25) is 0 Å². The maximum absolute atomic E-state index is 12.2. The van der Waals surface area contributed by atoms with Gasteiger partial charge in [-0.3, -0.25) is 9.79 Å². The zero-order valence-corrected chi connectivity index (χ0v) is 20.2. The molecule has 3 N–H and O–H groups in total. The quantitative estimate of drug-likeness (QED) is 0.430. The molecule has 0 aromatic heterocycles. The van der Waals surface area contributed by atoms with E-state index >= 15 is 0 Å². The molecule has 2 amide bonds. The summed E-state index contributed by atoms with van der Waals surface area (Å²) in [7, 11) is 3.71. The van der Waals surface area contributed by atoms with Crippen molar-refractivity contribution in [1.82, 2.24) is 15.5 Å². The summed E-state index contributed by atoms with van der Waals surface area (Å²) in [4.78, 5) is 29.8. The first-order valence-electron chi connectivity index (χ1n) is 10.7. The monoisotopic (exact) mass is 433 g/mol. The van der Waals surface area contributed by atoms with Crippen LogP contribution in [0.5, 0.6) is 0 Å². The van der Waals surface area contributed by atoms with Gasteiger partial charge in [0.25, 0.3) is 0 Å². The molecule has 0 heterocycles. The van der Waals surface area contributed by atoms with Crippen LogP contribution in [-0.2, 0) is 16.1 Å². The summed E-state index contributed by atoms with van der Waals surface area (Å²) in [5.74, 6) is 0.928. The molecule has 0 aliphatic rings. The Hall–Kier alpha value is -2.77. The molecule has 0 saturated heterocycles. The van der Waals surface area contributed by atoms with Gasteiger partial charge in [0.05, 0.1) is 0 Å². The lowest BCUT2D eigenvalue weighted by molar-refractivity contribution is -0.114. The normalized spacial score (nSPS) is 12.9. The van der Waals surface area contributed by atoms with E-state index in [4.69, 9.17) is 4.74 Å². The summed E-state index contributed by atoms with van der Waals surface area (Å²) < 4.78 is 5.39. The maximum Gasteiger partial charge on any atom is 0.407 e. The molecule has 0 spiro atoms. The molecule has 0 bridgehead atoms. The van der Waals surface area contributed by atoms with Gasteiger partial charge in [-0.15, -0.1) is 0 Å². The average Bonchev–Trinajstić information content (AvgIpc) is 2.63. The van der Waals surface area contributed by atoms with Gasteiger partial charge in [-0.1, -0.05) is 26.0 Å². The van der Waals surface area contributed by atoms with E-state index in [1.54, 1.807) is 7.05 Å². The average molecular weight is 434 g/mol. The lowest BCUT2D eigenvalue weighted by atomic mass is 10.0. The molecule has 174 valence electrons. The summed E-state index contributed by atoms with van der Waals surface area (Å²) in [6, 6.07) is 7.68. The number of carbonyl (C=O) groups is 2. The van der Waals surface area contributed by atoms with Crippen LogP contribution in [-0.4, -0.2) is 55.1 Å². The van der Waals surface area contributed by atoms with Gasteiger partial charge in [0.15, 0.2) is 5.96 Å². The number of nitrogens with one attached hydrogen (secondary N) is 3. The SMILES string of the molecule is CN=C(NCc1cccc(NC(C)=O)c1)N(C)CCC(NC(=O)OC(C)(C)C)C(C)C. The molecule has 0 saturated carbocycles. The third kappa shape index (κ3) is 10.7. The lowest BCUT2D eigenvalue weighted by Gasteiger charge is -2.28. The minimum atomic E-state index is -0.522. The number of guanidine groups is 1. The second kappa shape index (κ2) is 12.2. The number of benzene rings is 1. The molecular formula is C23H39N5O3. The van der Waals surface area contributed by atoms with Crippen LogP contribution in [0, 0.1) is 5.92 Å². The zero-order chi connectivity index (χ0) is 23.6. The Labute approximate surface area is 186 Å². The second-order valence-corrected chi connectivity index (χ2v) is 8.99. The van der Waals surface area contributed by atoms with E-state index in [1.165, 1.54) is 6.92 Å². The number of aliphatic imine (C=N–C) groups is 1. The largest absolute Gasteiger partial charge is 0.444 e. The first kappa shape index (κ1) is 26.3. The molecule has 8 nitrogen and oxygen atoms in total. The van der Waals surface area contributed by atoms with Gasteiger partial charge in [0, 0.05) is 45.8 Å². The van der Waals surface area contributed by atoms with Crippen molar-refractivity contribution in [3.63, 3.8) is 0 Å². The number of carbonyl (C=O) groups excluding carboxylic acids is 2. The van der Waals surface area contributed by atoms with E-state index in [0.29, 0.717) is 13.1 Å². The Balaban J connectivity index is 2.62. The van der Waals surface area contributed by atoms with E-state index < -0.39 is 11.7 Å². The first-order valence-corrected chi connectivity index (χ1v) is 10.7. The van der Waals surface area contributed by atoms with Gasteiger partial charge in [-0.05, 0) is 50.8 Å². The summed E-state index contributed by atoms with van der Waals surface area (Å²) in [5, 5.41) is 9.11. The van der Waals surface area contributed by atoms with Gasteiger partial charge in [-0.2, -0.15) is 0 Å². The summed E-state index contributed by atoms with van der Waals surface area (Å²) in [6.07, 6.45) is 0.363. The van der Waals surface area contributed by atoms with Gasteiger partial charge in [0.1, 0.15) is 5.60 Å². The van der Waals surface area contributed by atoms with Crippen molar-refractivity contribution in [3.8, 4) is 0 Å². The molecule has 31 heavy (non-hydrogen) atoms. The van der Waals surface area contributed by atoms with Crippen molar-refractivity contribution in [2.45, 2.75) is 66.2 Å². The highest BCUT2D eigenvalue weighted by molar-refractivity contribution is 5.88. The molecule has 1 aromatic carbocycles. The molecule has 0 radical (unpaired) electrons. The minimum Gasteiger partial charge on any atom is -0.444 e. The van der Waals surface area contributed by atoms with Crippen LogP contribution in [0.25, 0.3) is 0 Å². The Bertz CT molecular complexity index is 756. The highest BCUT2D eigenvalue weighted by Crippen LogP contribution is 2.12. The van der Waals surface area contributed by atoms with E-state index in [2.05, 4.69) is 34.8 Å². The van der Waals surface area contributed by atoms with Crippen LogP contribution < -0.4 is 16.0 Å². The third-order valence-corrected chi connectivity index (χ3v) is 4.55. The van der Waals surface area contributed by atoms with Crippen molar-refractivity contribution in [2.75, 3.05) is 26.0 Å². The predicted molar refractivity (Wildman–Crippen MR) is 126 cm³/mol. The number of amides is 2. The van der Waals surface area contributed by atoms with E-state index in [-0.39, 0.29) is 17.9 Å². The maximum atomic E-state index is 12.2. The minimum absolute atomic E-state index is 0.00950. The predicted octanol–water partition coefficient (Wildman–Crippen LogP) is 3.59. The summed E-state index contributed by atoms with van der Waals surface area (Å²) in [5.41, 5.74) is 1.28. The van der Waals surface area contributed by atoms with Gasteiger partial charge < -0.3 is 25.6 Å².